The predicted molar refractivity (Wildman–Crippen MR) is 69.2 cm³/mol. The van der Waals surface area contributed by atoms with E-state index in [2.05, 4.69) is 0 Å². The van der Waals surface area contributed by atoms with Gasteiger partial charge in [0.2, 0.25) is 0 Å². The van der Waals surface area contributed by atoms with Crippen molar-refractivity contribution in [3.05, 3.63) is 23.8 Å². The van der Waals surface area contributed by atoms with Crippen LogP contribution in [0, 0.1) is 5.41 Å². The van der Waals surface area contributed by atoms with E-state index in [0.717, 1.165) is 6.42 Å². The molecule has 3 N–H and O–H groups in total. The highest BCUT2D eigenvalue weighted by Gasteiger charge is 2.08. The summed E-state index contributed by atoms with van der Waals surface area (Å²) in [5.74, 6) is -1.19. The molecule has 1 rings (SSSR count). The van der Waals surface area contributed by atoms with Gasteiger partial charge in [-0.1, -0.05) is 0 Å². The van der Waals surface area contributed by atoms with Crippen LogP contribution in [-0.2, 0) is 9.53 Å². The summed E-state index contributed by atoms with van der Waals surface area (Å²) in [5, 5.41) is 26.0. The van der Waals surface area contributed by atoms with Crippen molar-refractivity contribution in [2.45, 2.75) is 12.8 Å². The number of methoxy groups -OCH3 is 1. The fraction of sp³-hybridized carbons (Fsp3) is 0.385. The standard InChI is InChI=1S/C13H17NO5/c1-18-6-2-3-10(14)9-4-5-12(11(15)7-9)19-8-13(16)17/h4-5,7,14-15H,2-3,6,8H2,1H3,(H,16,17). The summed E-state index contributed by atoms with van der Waals surface area (Å²) >= 11 is 0. The molecule has 0 aliphatic heterocycles. The van der Waals surface area contributed by atoms with Gasteiger partial charge in [-0.25, -0.2) is 4.79 Å². The SMILES string of the molecule is COCCCC(=N)c1ccc(OCC(=O)O)c(O)c1. The minimum Gasteiger partial charge on any atom is -0.504 e. The maximum Gasteiger partial charge on any atom is 0.341 e. The molecule has 1 aromatic rings. The zero-order valence-electron chi connectivity index (χ0n) is 10.7. The Balaban J connectivity index is 2.65. The number of carboxylic acids is 1. The number of nitrogens with one attached hydrogen (secondary N) is 1. The first-order valence-corrected chi connectivity index (χ1v) is 5.79. The molecule has 0 saturated carbocycles. The molecular weight excluding hydrogens is 250 g/mol. The van der Waals surface area contributed by atoms with Gasteiger partial charge in [0.25, 0.3) is 0 Å². The second-order valence-corrected chi connectivity index (χ2v) is 3.94. The maximum atomic E-state index is 10.4. The summed E-state index contributed by atoms with van der Waals surface area (Å²) in [6.07, 6.45) is 1.27. The largest absolute Gasteiger partial charge is 0.504 e. The van der Waals surface area contributed by atoms with Crippen LogP contribution in [0.25, 0.3) is 0 Å². The Hall–Kier alpha value is -2.08. The van der Waals surface area contributed by atoms with Gasteiger partial charge in [-0.05, 0) is 36.6 Å². The normalized spacial score (nSPS) is 10.2. The number of carbonyl (C=O) groups is 1. The number of phenols is 1. The number of rotatable bonds is 8. The van der Waals surface area contributed by atoms with Crippen LogP contribution >= 0.6 is 0 Å². The van der Waals surface area contributed by atoms with Gasteiger partial charge in [0.1, 0.15) is 0 Å². The van der Waals surface area contributed by atoms with E-state index in [1.54, 1.807) is 13.2 Å². The monoisotopic (exact) mass is 267 g/mol. The third-order valence-corrected chi connectivity index (χ3v) is 2.43. The van der Waals surface area contributed by atoms with Crippen LogP contribution in [0.2, 0.25) is 0 Å². The number of hydrogen-bond acceptors (Lipinski definition) is 5. The average molecular weight is 267 g/mol. The molecule has 0 atom stereocenters. The first kappa shape index (κ1) is 15.0. The molecule has 0 aliphatic carbocycles. The molecule has 0 saturated heterocycles. The number of carboxylic acid groups (broad SMARTS) is 1. The minimum atomic E-state index is -1.12. The van der Waals surface area contributed by atoms with E-state index < -0.39 is 12.6 Å². The van der Waals surface area contributed by atoms with E-state index in [1.807, 2.05) is 0 Å². The number of ether oxygens (including phenoxy) is 2. The highest BCUT2D eigenvalue weighted by molar-refractivity contribution is 5.98. The second kappa shape index (κ2) is 7.38. The van der Waals surface area contributed by atoms with Crippen LogP contribution in [0.3, 0.4) is 0 Å². The van der Waals surface area contributed by atoms with Gasteiger partial charge in [0, 0.05) is 19.4 Å². The van der Waals surface area contributed by atoms with E-state index >= 15 is 0 Å². The Bertz CT molecular complexity index is 458. The van der Waals surface area contributed by atoms with Gasteiger partial charge in [0.05, 0.1) is 0 Å². The number of phenolic OH excluding ortho intramolecular Hbond substituents is 1. The van der Waals surface area contributed by atoms with Crippen molar-refractivity contribution < 1.29 is 24.5 Å². The van der Waals surface area contributed by atoms with Crippen LogP contribution in [0.5, 0.6) is 11.5 Å². The van der Waals surface area contributed by atoms with E-state index in [4.69, 9.17) is 20.0 Å². The molecule has 6 heteroatoms. The molecule has 19 heavy (non-hydrogen) atoms. The zero-order chi connectivity index (χ0) is 14.3. The summed E-state index contributed by atoms with van der Waals surface area (Å²) < 4.78 is 9.80. The molecule has 0 aromatic heterocycles. The lowest BCUT2D eigenvalue weighted by atomic mass is 10.1. The van der Waals surface area contributed by atoms with E-state index in [0.29, 0.717) is 24.3 Å². The van der Waals surface area contributed by atoms with Crippen LogP contribution < -0.4 is 4.74 Å². The lowest BCUT2D eigenvalue weighted by molar-refractivity contribution is -0.139. The molecule has 0 radical (unpaired) electrons. The van der Waals surface area contributed by atoms with Crippen LogP contribution in [-0.4, -0.2) is 42.2 Å². The molecule has 0 unspecified atom stereocenters. The molecule has 0 bridgehead atoms. The Morgan fingerprint density at radius 1 is 1.42 bits per heavy atom. The van der Waals surface area contributed by atoms with Gasteiger partial charge in [-0.2, -0.15) is 0 Å². The summed E-state index contributed by atoms with van der Waals surface area (Å²) in [4.78, 5) is 10.4. The molecule has 0 amide bonds. The van der Waals surface area contributed by atoms with Crippen molar-refractivity contribution in [3.8, 4) is 11.5 Å². The lowest BCUT2D eigenvalue weighted by Gasteiger charge is -2.09. The molecule has 104 valence electrons. The Kier molecular flexibility index (Phi) is 5.81. The van der Waals surface area contributed by atoms with Crippen molar-refractivity contribution >= 4 is 11.7 Å². The molecule has 0 heterocycles. The number of benzene rings is 1. The highest BCUT2D eigenvalue weighted by Crippen LogP contribution is 2.27. The second-order valence-electron chi connectivity index (χ2n) is 3.94. The van der Waals surface area contributed by atoms with Crippen molar-refractivity contribution in [1.82, 2.24) is 0 Å². The molecule has 0 fully saturated rings. The van der Waals surface area contributed by atoms with Gasteiger partial charge in [-0.15, -0.1) is 0 Å². The fourth-order valence-electron chi connectivity index (χ4n) is 1.50. The molecule has 0 spiro atoms. The smallest absolute Gasteiger partial charge is 0.341 e. The quantitative estimate of drug-likeness (QED) is 0.491. The van der Waals surface area contributed by atoms with Crippen LogP contribution in [0.15, 0.2) is 18.2 Å². The number of hydrogen-bond donors (Lipinski definition) is 3. The first-order chi connectivity index (χ1) is 9.04. The first-order valence-electron chi connectivity index (χ1n) is 5.79. The van der Waals surface area contributed by atoms with Crippen molar-refractivity contribution in [2.75, 3.05) is 20.3 Å². The minimum absolute atomic E-state index is 0.0934. The predicted octanol–water partition coefficient (Wildman–Crippen LogP) is 1.65. The van der Waals surface area contributed by atoms with Gasteiger partial charge < -0.3 is 25.1 Å². The van der Waals surface area contributed by atoms with Crippen LogP contribution in [0.4, 0.5) is 0 Å². The van der Waals surface area contributed by atoms with Crippen LogP contribution in [0.1, 0.15) is 18.4 Å². The Morgan fingerprint density at radius 3 is 2.74 bits per heavy atom. The average Bonchev–Trinajstić information content (AvgIpc) is 2.37. The highest BCUT2D eigenvalue weighted by atomic mass is 16.5. The van der Waals surface area contributed by atoms with Gasteiger partial charge >= 0.3 is 5.97 Å². The maximum absolute atomic E-state index is 10.4. The molecule has 0 aliphatic rings. The third-order valence-electron chi connectivity index (χ3n) is 2.43. The fourth-order valence-corrected chi connectivity index (χ4v) is 1.50. The van der Waals surface area contributed by atoms with E-state index in [9.17, 15) is 9.90 Å². The van der Waals surface area contributed by atoms with Crippen molar-refractivity contribution in [2.24, 2.45) is 0 Å². The summed E-state index contributed by atoms with van der Waals surface area (Å²) in [7, 11) is 1.60. The summed E-state index contributed by atoms with van der Waals surface area (Å²) in [6, 6.07) is 4.47. The van der Waals surface area contributed by atoms with Gasteiger partial charge in [0.15, 0.2) is 18.1 Å². The summed E-state index contributed by atoms with van der Waals surface area (Å²) in [5.41, 5.74) is 0.966. The Labute approximate surface area is 111 Å². The zero-order valence-corrected chi connectivity index (χ0v) is 10.7. The molecule has 6 nitrogen and oxygen atoms in total. The Morgan fingerprint density at radius 2 is 2.16 bits per heavy atom. The van der Waals surface area contributed by atoms with E-state index in [1.165, 1.54) is 12.1 Å². The van der Waals surface area contributed by atoms with Gasteiger partial charge in [-0.3, -0.25) is 0 Å². The lowest BCUT2D eigenvalue weighted by Crippen LogP contribution is -2.09. The van der Waals surface area contributed by atoms with Crippen molar-refractivity contribution in [3.63, 3.8) is 0 Å². The topological polar surface area (TPSA) is 99.8 Å². The third kappa shape index (κ3) is 4.97. The molecule has 1 aromatic carbocycles. The number of aliphatic carboxylic acids is 1. The van der Waals surface area contributed by atoms with E-state index in [-0.39, 0.29) is 11.5 Å². The van der Waals surface area contributed by atoms with Crippen molar-refractivity contribution in [1.29, 1.82) is 5.41 Å². The summed E-state index contributed by atoms with van der Waals surface area (Å²) in [6.45, 7) is 0.0619. The molecular formula is C13H17NO5. The number of aromatic hydroxyl groups is 1.